The third-order valence-electron chi connectivity index (χ3n) is 2.34. The van der Waals surface area contributed by atoms with Crippen LogP contribution in [0.4, 0.5) is 5.95 Å². The summed E-state index contributed by atoms with van der Waals surface area (Å²) in [5.74, 6) is 0.426. The van der Waals surface area contributed by atoms with Gasteiger partial charge in [0.15, 0.2) is 5.65 Å². The van der Waals surface area contributed by atoms with Crippen LogP contribution in [0.15, 0.2) is 10.9 Å². The minimum atomic E-state index is -0.332. The first-order valence-electron chi connectivity index (χ1n) is 5.45. The number of anilines is 1. The highest BCUT2D eigenvalue weighted by molar-refractivity contribution is 5.45. The predicted molar refractivity (Wildman–Crippen MR) is 64.7 cm³/mol. The van der Waals surface area contributed by atoms with Crippen molar-refractivity contribution in [3.63, 3.8) is 0 Å². The summed E-state index contributed by atoms with van der Waals surface area (Å²) >= 11 is 0. The minimum absolute atomic E-state index is 0.332. The molecule has 2 N–H and O–H groups in total. The molecule has 98 valence electrons. The molecular formula is C10H15N5O3. The van der Waals surface area contributed by atoms with Gasteiger partial charge >= 0.3 is 5.69 Å². The van der Waals surface area contributed by atoms with Gasteiger partial charge in [0, 0.05) is 26.8 Å². The Bertz CT molecular complexity index is 576. The highest BCUT2D eigenvalue weighted by atomic mass is 16.5. The molecule has 2 heterocycles. The minimum Gasteiger partial charge on any atom is -0.383 e. The lowest BCUT2D eigenvalue weighted by Gasteiger charge is -2.08. The van der Waals surface area contributed by atoms with Crippen molar-refractivity contribution in [2.45, 2.75) is 6.61 Å². The number of H-pyrrole nitrogens is 1. The number of nitrogens with zero attached hydrogens (tertiary/aromatic N) is 3. The van der Waals surface area contributed by atoms with Crippen molar-refractivity contribution in [2.75, 3.05) is 32.7 Å². The maximum atomic E-state index is 11.6. The highest BCUT2D eigenvalue weighted by Crippen LogP contribution is 2.08. The SMILES string of the molecule is COCCNc1nc(COC)cc2n[nH]c(=O)n12. The number of methoxy groups -OCH3 is 2. The van der Waals surface area contributed by atoms with Gasteiger partial charge in [-0.15, -0.1) is 0 Å². The Kier molecular flexibility index (Phi) is 3.90. The van der Waals surface area contributed by atoms with E-state index in [4.69, 9.17) is 9.47 Å². The van der Waals surface area contributed by atoms with Crippen molar-refractivity contribution in [3.8, 4) is 0 Å². The normalized spacial score (nSPS) is 11.0. The second-order valence-electron chi connectivity index (χ2n) is 3.65. The summed E-state index contributed by atoms with van der Waals surface area (Å²) in [5, 5.41) is 9.32. The summed E-state index contributed by atoms with van der Waals surface area (Å²) in [7, 11) is 3.19. The molecule has 0 bridgehead atoms. The Balaban J connectivity index is 2.39. The molecule has 0 fully saturated rings. The number of hydrogen-bond acceptors (Lipinski definition) is 6. The quantitative estimate of drug-likeness (QED) is 0.682. The number of aromatic nitrogens is 4. The molecule has 0 amide bonds. The first-order valence-corrected chi connectivity index (χ1v) is 5.45. The first kappa shape index (κ1) is 12.5. The molecular weight excluding hydrogens is 238 g/mol. The van der Waals surface area contributed by atoms with E-state index in [1.807, 2.05) is 0 Å². The molecule has 0 spiro atoms. The van der Waals surface area contributed by atoms with E-state index in [1.165, 1.54) is 4.40 Å². The fourth-order valence-corrected chi connectivity index (χ4v) is 1.58. The number of nitrogens with one attached hydrogen (secondary N) is 2. The van der Waals surface area contributed by atoms with Crippen molar-refractivity contribution in [1.29, 1.82) is 0 Å². The maximum absolute atomic E-state index is 11.6. The van der Waals surface area contributed by atoms with Crippen LogP contribution in [-0.4, -0.2) is 47.0 Å². The van der Waals surface area contributed by atoms with Gasteiger partial charge in [-0.1, -0.05) is 0 Å². The van der Waals surface area contributed by atoms with Crippen LogP contribution in [0.1, 0.15) is 5.69 Å². The molecule has 8 nitrogen and oxygen atoms in total. The monoisotopic (exact) mass is 253 g/mol. The molecule has 0 aliphatic rings. The van der Waals surface area contributed by atoms with Gasteiger partial charge in [-0.3, -0.25) is 0 Å². The Morgan fingerprint density at radius 1 is 1.44 bits per heavy atom. The fraction of sp³-hybridized carbons (Fsp3) is 0.500. The molecule has 8 heteroatoms. The molecule has 0 saturated carbocycles. The molecule has 0 saturated heterocycles. The van der Waals surface area contributed by atoms with Crippen LogP contribution in [0.3, 0.4) is 0 Å². The maximum Gasteiger partial charge on any atom is 0.350 e. The average molecular weight is 253 g/mol. The van der Waals surface area contributed by atoms with Crippen LogP contribution < -0.4 is 11.0 Å². The molecule has 18 heavy (non-hydrogen) atoms. The lowest BCUT2D eigenvalue weighted by atomic mass is 10.4. The van der Waals surface area contributed by atoms with Crippen LogP contribution in [0.5, 0.6) is 0 Å². The van der Waals surface area contributed by atoms with Gasteiger partial charge in [-0.25, -0.2) is 19.3 Å². The fourth-order valence-electron chi connectivity index (χ4n) is 1.58. The zero-order valence-electron chi connectivity index (χ0n) is 10.3. The Morgan fingerprint density at radius 2 is 2.28 bits per heavy atom. The van der Waals surface area contributed by atoms with Gasteiger partial charge in [-0.05, 0) is 0 Å². The zero-order chi connectivity index (χ0) is 13.0. The van der Waals surface area contributed by atoms with Crippen LogP contribution in [0.2, 0.25) is 0 Å². The van der Waals surface area contributed by atoms with Crippen molar-refractivity contribution in [3.05, 3.63) is 22.2 Å². The van der Waals surface area contributed by atoms with E-state index in [0.29, 0.717) is 37.0 Å². The molecule has 0 unspecified atom stereocenters. The van der Waals surface area contributed by atoms with E-state index >= 15 is 0 Å². The number of rotatable bonds is 6. The summed E-state index contributed by atoms with van der Waals surface area (Å²) in [6.45, 7) is 1.42. The van der Waals surface area contributed by atoms with Crippen molar-refractivity contribution in [2.24, 2.45) is 0 Å². The van der Waals surface area contributed by atoms with Gasteiger partial charge in [-0.2, -0.15) is 5.10 Å². The summed E-state index contributed by atoms with van der Waals surface area (Å²) < 4.78 is 11.3. The number of fused-ring (bicyclic) bond motifs is 1. The molecule has 2 aromatic rings. The van der Waals surface area contributed by atoms with Gasteiger partial charge in [0.05, 0.1) is 18.9 Å². The number of aromatic amines is 1. The van der Waals surface area contributed by atoms with Crippen LogP contribution in [-0.2, 0) is 16.1 Å². The molecule has 0 aromatic carbocycles. The van der Waals surface area contributed by atoms with E-state index in [9.17, 15) is 4.79 Å². The molecule has 0 aliphatic heterocycles. The number of ether oxygens (including phenoxy) is 2. The average Bonchev–Trinajstić information content (AvgIpc) is 2.72. The second kappa shape index (κ2) is 5.61. The Labute approximate surface area is 103 Å². The van der Waals surface area contributed by atoms with Gasteiger partial charge in [0.2, 0.25) is 5.95 Å². The third kappa shape index (κ3) is 2.49. The molecule has 2 aromatic heterocycles. The van der Waals surface area contributed by atoms with Gasteiger partial charge in [0.25, 0.3) is 0 Å². The highest BCUT2D eigenvalue weighted by Gasteiger charge is 2.09. The number of hydrogen-bond donors (Lipinski definition) is 2. The Hall–Kier alpha value is -1.93. The van der Waals surface area contributed by atoms with Crippen molar-refractivity contribution >= 4 is 11.6 Å². The summed E-state index contributed by atoms with van der Waals surface area (Å²) in [6, 6.07) is 1.70. The smallest absolute Gasteiger partial charge is 0.350 e. The van der Waals surface area contributed by atoms with Crippen LogP contribution >= 0.6 is 0 Å². The predicted octanol–water partition coefficient (Wildman–Crippen LogP) is -0.378. The third-order valence-corrected chi connectivity index (χ3v) is 2.34. The zero-order valence-corrected chi connectivity index (χ0v) is 10.3. The van der Waals surface area contributed by atoms with Crippen molar-refractivity contribution in [1.82, 2.24) is 19.6 Å². The molecule has 2 rings (SSSR count). The first-order chi connectivity index (χ1) is 8.76. The van der Waals surface area contributed by atoms with E-state index in [1.54, 1.807) is 20.3 Å². The lowest BCUT2D eigenvalue weighted by molar-refractivity contribution is 0.181. The summed E-state index contributed by atoms with van der Waals surface area (Å²) in [5.41, 5.74) is 0.868. The molecule has 0 aliphatic carbocycles. The van der Waals surface area contributed by atoms with Crippen LogP contribution in [0.25, 0.3) is 5.65 Å². The van der Waals surface area contributed by atoms with Crippen molar-refractivity contribution < 1.29 is 9.47 Å². The van der Waals surface area contributed by atoms with E-state index < -0.39 is 0 Å². The van der Waals surface area contributed by atoms with E-state index in [-0.39, 0.29) is 5.69 Å². The summed E-state index contributed by atoms with van der Waals surface area (Å²) in [6.07, 6.45) is 0. The Morgan fingerprint density at radius 3 is 3.00 bits per heavy atom. The molecule has 0 atom stereocenters. The van der Waals surface area contributed by atoms with Crippen LogP contribution in [0, 0.1) is 0 Å². The van der Waals surface area contributed by atoms with E-state index in [0.717, 1.165) is 0 Å². The van der Waals surface area contributed by atoms with E-state index in [2.05, 4.69) is 20.5 Å². The largest absolute Gasteiger partial charge is 0.383 e. The lowest BCUT2D eigenvalue weighted by Crippen LogP contribution is -2.19. The van der Waals surface area contributed by atoms with Gasteiger partial charge < -0.3 is 14.8 Å². The topological polar surface area (TPSA) is 93.5 Å². The standard InChI is InChI=1S/C10H15N5O3/c1-17-4-3-11-9-12-7(6-18-2)5-8-13-14-10(16)15(8)9/h5H,3-4,6H2,1-2H3,(H,11,12)(H,14,16). The van der Waals surface area contributed by atoms with Gasteiger partial charge in [0.1, 0.15) is 0 Å². The summed E-state index contributed by atoms with van der Waals surface area (Å²) in [4.78, 5) is 15.9. The molecule has 0 radical (unpaired) electrons. The second-order valence-corrected chi connectivity index (χ2v) is 3.65.